The number of ketones is 1. The minimum Gasteiger partial charge on any atom is -0.507 e. The Morgan fingerprint density at radius 2 is 1.90 bits per heavy atom. The highest BCUT2D eigenvalue weighted by Crippen LogP contribution is 2.42. The summed E-state index contributed by atoms with van der Waals surface area (Å²) in [4.78, 5) is 28.2. The molecule has 1 amide bonds. The standard InChI is InChI=1S/C23H27NO5S/c1-4-7-12-24-20(18-9-8-13-30-18)19(22(26)23(24)27)21(25)16-11-10-15(28-5-2)14-17(16)29-6-3/h8-11,13-14,20,25H,4-7,12H2,1-3H3/b21-19-. The maximum Gasteiger partial charge on any atom is 0.295 e. The molecule has 1 N–H and O–H groups in total. The zero-order chi connectivity index (χ0) is 21.7. The predicted octanol–water partition coefficient (Wildman–Crippen LogP) is 4.77. The minimum absolute atomic E-state index is 0.101. The monoisotopic (exact) mass is 429 g/mol. The Kier molecular flexibility index (Phi) is 7.15. The highest BCUT2D eigenvalue weighted by Gasteiger charge is 2.46. The van der Waals surface area contributed by atoms with Crippen LogP contribution in [0.5, 0.6) is 11.5 Å². The lowest BCUT2D eigenvalue weighted by Gasteiger charge is -2.24. The summed E-state index contributed by atoms with van der Waals surface area (Å²) in [6.45, 7) is 7.10. The van der Waals surface area contributed by atoms with E-state index in [4.69, 9.17) is 9.47 Å². The molecular weight excluding hydrogens is 402 g/mol. The van der Waals surface area contributed by atoms with Gasteiger partial charge in [0.2, 0.25) is 0 Å². The van der Waals surface area contributed by atoms with E-state index >= 15 is 0 Å². The van der Waals surface area contributed by atoms with E-state index in [0.29, 0.717) is 36.8 Å². The van der Waals surface area contributed by atoms with Crippen molar-refractivity contribution in [1.29, 1.82) is 0 Å². The number of ether oxygens (including phenoxy) is 2. The van der Waals surface area contributed by atoms with E-state index in [-0.39, 0.29) is 11.3 Å². The van der Waals surface area contributed by atoms with E-state index in [1.165, 1.54) is 11.3 Å². The van der Waals surface area contributed by atoms with Crippen LogP contribution in [-0.4, -0.2) is 41.5 Å². The molecule has 2 heterocycles. The fourth-order valence-electron chi connectivity index (χ4n) is 3.56. The molecule has 1 aliphatic rings. The van der Waals surface area contributed by atoms with Crippen molar-refractivity contribution in [3.05, 3.63) is 51.7 Å². The summed E-state index contributed by atoms with van der Waals surface area (Å²) in [6.07, 6.45) is 1.68. The van der Waals surface area contributed by atoms with Crippen LogP contribution >= 0.6 is 11.3 Å². The number of amides is 1. The van der Waals surface area contributed by atoms with Crippen molar-refractivity contribution in [3.8, 4) is 11.5 Å². The SMILES string of the molecule is CCCCN1C(=O)C(=O)/C(=C(\O)c2ccc(OCC)cc2OCC)C1c1cccs1. The van der Waals surface area contributed by atoms with E-state index < -0.39 is 17.7 Å². The van der Waals surface area contributed by atoms with Gasteiger partial charge in [0.15, 0.2) is 0 Å². The smallest absolute Gasteiger partial charge is 0.295 e. The minimum atomic E-state index is -0.668. The number of carbonyl (C=O) groups is 2. The van der Waals surface area contributed by atoms with Crippen molar-refractivity contribution >= 4 is 28.8 Å². The first-order valence-corrected chi connectivity index (χ1v) is 11.1. The van der Waals surface area contributed by atoms with Crippen LogP contribution < -0.4 is 9.47 Å². The van der Waals surface area contributed by atoms with Gasteiger partial charge in [-0.3, -0.25) is 9.59 Å². The number of hydrogen-bond acceptors (Lipinski definition) is 6. The molecular formula is C23H27NO5S. The van der Waals surface area contributed by atoms with Gasteiger partial charge in [0, 0.05) is 17.5 Å². The Bertz CT molecular complexity index is 935. The first kappa shape index (κ1) is 21.9. The van der Waals surface area contributed by atoms with Crippen molar-refractivity contribution in [1.82, 2.24) is 4.90 Å². The first-order valence-electron chi connectivity index (χ1n) is 10.2. The topological polar surface area (TPSA) is 76.1 Å². The molecule has 1 unspecified atom stereocenters. The van der Waals surface area contributed by atoms with E-state index in [1.54, 1.807) is 23.1 Å². The zero-order valence-electron chi connectivity index (χ0n) is 17.5. The molecule has 2 aromatic rings. The number of aliphatic hydroxyl groups excluding tert-OH is 1. The van der Waals surface area contributed by atoms with Crippen LogP contribution in [0.4, 0.5) is 0 Å². The quantitative estimate of drug-likeness (QED) is 0.353. The molecule has 0 aliphatic carbocycles. The van der Waals surface area contributed by atoms with Gasteiger partial charge < -0.3 is 19.5 Å². The number of rotatable bonds is 9. The lowest BCUT2D eigenvalue weighted by atomic mass is 9.99. The number of Topliss-reactive ketones (excluding diaryl/α,β-unsaturated/α-hetero) is 1. The molecule has 160 valence electrons. The summed E-state index contributed by atoms with van der Waals surface area (Å²) >= 11 is 1.46. The third-order valence-electron chi connectivity index (χ3n) is 4.92. The second-order valence-corrected chi connectivity index (χ2v) is 7.86. The largest absolute Gasteiger partial charge is 0.507 e. The molecule has 30 heavy (non-hydrogen) atoms. The summed E-state index contributed by atoms with van der Waals surface area (Å²) in [5, 5.41) is 13.1. The number of thiophene rings is 1. The maximum absolute atomic E-state index is 13.0. The lowest BCUT2D eigenvalue weighted by molar-refractivity contribution is -0.139. The molecule has 3 rings (SSSR count). The Labute approximate surface area is 180 Å². The van der Waals surface area contributed by atoms with Gasteiger partial charge in [-0.2, -0.15) is 0 Å². The average molecular weight is 430 g/mol. The average Bonchev–Trinajstić information content (AvgIpc) is 3.34. The third kappa shape index (κ3) is 4.21. The molecule has 0 spiro atoms. The molecule has 1 aromatic heterocycles. The van der Waals surface area contributed by atoms with Gasteiger partial charge in [-0.05, 0) is 43.8 Å². The first-order chi connectivity index (χ1) is 14.5. The highest BCUT2D eigenvalue weighted by atomic mass is 32.1. The number of nitrogens with zero attached hydrogens (tertiary/aromatic N) is 1. The number of likely N-dealkylation sites (tertiary alicyclic amines) is 1. The van der Waals surface area contributed by atoms with Gasteiger partial charge >= 0.3 is 0 Å². The molecule has 0 radical (unpaired) electrons. The van der Waals surface area contributed by atoms with Crippen LogP contribution in [-0.2, 0) is 9.59 Å². The molecule has 1 saturated heterocycles. The van der Waals surface area contributed by atoms with Gasteiger partial charge in [-0.25, -0.2) is 0 Å². The Hall–Kier alpha value is -2.80. The lowest BCUT2D eigenvalue weighted by Crippen LogP contribution is -2.30. The van der Waals surface area contributed by atoms with E-state index in [1.807, 2.05) is 38.3 Å². The molecule has 1 fully saturated rings. The summed E-state index contributed by atoms with van der Waals surface area (Å²) in [6, 6.07) is 8.23. The van der Waals surface area contributed by atoms with Crippen LogP contribution in [0.2, 0.25) is 0 Å². The van der Waals surface area contributed by atoms with E-state index in [9.17, 15) is 14.7 Å². The summed E-state index contributed by atoms with van der Waals surface area (Å²) in [5.74, 6) is -0.454. The van der Waals surface area contributed by atoms with Gasteiger partial charge in [-0.15, -0.1) is 11.3 Å². The predicted molar refractivity (Wildman–Crippen MR) is 117 cm³/mol. The van der Waals surface area contributed by atoms with E-state index in [0.717, 1.165) is 17.7 Å². The number of unbranched alkanes of at least 4 members (excludes halogenated alkanes) is 1. The second kappa shape index (κ2) is 9.80. The van der Waals surface area contributed by atoms with E-state index in [2.05, 4.69) is 0 Å². The maximum atomic E-state index is 13.0. The second-order valence-electron chi connectivity index (χ2n) is 6.89. The van der Waals surface area contributed by atoms with Crippen molar-refractivity contribution in [3.63, 3.8) is 0 Å². The molecule has 1 atom stereocenters. The fourth-order valence-corrected chi connectivity index (χ4v) is 4.40. The van der Waals surface area contributed by atoms with Crippen molar-refractivity contribution in [2.24, 2.45) is 0 Å². The summed E-state index contributed by atoms with van der Waals surface area (Å²) < 4.78 is 11.2. The molecule has 0 bridgehead atoms. The fraction of sp³-hybridized carbons (Fsp3) is 0.391. The van der Waals surface area contributed by atoms with Crippen LogP contribution in [0.1, 0.15) is 50.1 Å². The summed E-state index contributed by atoms with van der Waals surface area (Å²) in [5.41, 5.74) is 0.471. The van der Waals surface area contributed by atoms with Crippen molar-refractivity contribution < 1.29 is 24.2 Å². The van der Waals surface area contributed by atoms with Crippen molar-refractivity contribution in [2.45, 2.75) is 39.7 Å². The van der Waals surface area contributed by atoms with Gasteiger partial charge in [-0.1, -0.05) is 19.4 Å². The molecule has 1 aliphatic heterocycles. The molecule has 6 nitrogen and oxygen atoms in total. The highest BCUT2D eigenvalue weighted by molar-refractivity contribution is 7.10. The molecule has 7 heteroatoms. The van der Waals surface area contributed by atoms with Crippen LogP contribution in [0, 0.1) is 0 Å². The Balaban J connectivity index is 2.14. The van der Waals surface area contributed by atoms with Gasteiger partial charge in [0.1, 0.15) is 17.3 Å². The third-order valence-corrected chi connectivity index (χ3v) is 5.85. The molecule has 0 saturated carbocycles. The van der Waals surface area contributed by atoms with Gasteiger partial charge in [0.05, 0.1) is 30.4 Å². The molecule has 1 aromatic carbocycles. The number of aliphatic hydroxyl groups is 1. The van der Waals surface area contributed by atoms with Crippen LogP contribution in [0.25, 0.3) is 5.76 Å². The number of benzene rings is 1. The summed E-state index contributed by atoms with van der Waals surface area (Å²) in [7, 11) is 0. The zero-order valence-corrected chi connectivity index (χ0v) is 18.3. The van der Waals surface area contributed by atoms with Crippen LogP contribution in [0.15, 0.2) is 41.3 Å². The Morgan fingerprint density at radius 3 is 2.53 bits per heavy atom. The van der Waals surface area contributed by atoms with Crippen LogP contribution in [0.3, 0.4) is 0 Å². The Morgan fingerprint density at radius 1 is 1.13 bits per heavy atom. The normalized spacial score (nSPS) is 18.1. The van der Waals surface area contributed by atoms with Gasteiger partial charge in [0.25, 0.3) is 11.7 Å². The van der Waals surface area contributed by atoms with Crippen molar-refractivity contribution in [2.75, 3.05) is 19.8 Å². The number of hydrogen-bond donors (Lipinski definition) is 1. The number of carbonyl (C=O) groups excluding carboxylic acids is 2.